The van der Waals surface area contributed by atoms with Crippen molar-refractivity contribution in [2.24, 2.45) is 11.3 Å². The van der Waals surface area contributed by atoms with Gasteiger partial charge in [-0.05, 0) is 53.6 Å². The van der Waals surface area contributed by atoms with Crippen LogP contribution in [0, 0.1) is 17.2 Å². The van der Waals surface area contributed by atoms with Crippen molar-refractivity contribution in [1.82, 2.24) is 4.84 Å². The second kappa shape index (κ2) is 5.68. The minimum Gasteiger partial charge on any atom is -0.490 e. The molecule has 106 valence electrons. The van der Waals surface area contributed by atoms with Gasteiger partial charge in [-0.3, -0.25) is 0 Å². The maximum absolute atomic E-state index is 13.7. The first-order chi connectivity index (χ1) is 8.91. The van der Waals surface area contributed by atoms with Crippen molar-refractivity contribution in [1.29, 1.82) is 0 Å². The van der Waals surface area contributed by atoms with E-state index in [1.54, 1.807) is 12.1 Å². The molecule has 1 fully saturated rings. The summed E-state index contributed by atoms with van der Waals surface area (Å²) in [7, 11) is 0. The molecule has 2 nitrogen and oxygen atoms in total. The molecule has 0 spiro atoms. The molecule has 0 aromatic heterocycles. The van der Waals surface area contributed by atoms with Gasteiger partial charge >= 0.3 is 0 Å². The van der Waals surface area contributed by atoms with Crippen LogP contribution in [0.5, 0.6) is 5.75 Å². The fourth-order valence-electron chi connectivity index (χ4n) is 2.03. The van der Waals surface area contributed by atoms with Gasteiger partial charge in [-0.25, -0.2) is 9.23 Å². The number of hydrogen-bond donors (Lipinski definition) is 1. The van der Waals surface area contributed by atoms with E-state index in [0.717, 1.165) is 5.56 Å². The van der Waals surface area contributed by atoms with Crippen molar-refractivity contribution in [3.63, 3.8) is 0 Å². The number of nitrogens with one attached hydrogen (secondary N) is 1. The summed E-state index contributed by atoms with van der Waals surface area (Å²) in [4.78, 5) is 2.78. The van der Waals surface area contributed by atoms with Crippen molar-refractivity contribution in [3.05, 3.63) is 29.6 Å². The number of hydrogen-bond acceptors (Lipinski definition) is 2. The monoisotopic (exact) mass is 285 g/mol. The third kappa shape index (κ3) is 3.83. The van der Waals surface area contributed by atoms with E-state index in [0.29, 0.717) is 18.3 Å². The van der Waals surface area contributed by atoms with E-state index in [1.807, 2.05) is 0 Å². The molecule has 1 N–H and O–H groups in total. The summed E-state index contributed by atoms with van der Waals surface area (Å²) in [6.45, 7) is 6.86. The second-order valence-corrected chi connectivity index (χ2v) is 6.57. The van der Waals surface area contributed by atoms with Crippen molar-refractivity contribution < 1.29 is 9.13 Å². The fraction of sp³-hybridized carbons (Fsp3) is 0.600. The van der Waals surface area contributed by atoms with Crippen molar-refractivity contribution in [2.45, 2.75) is 39.7 Å². The number of rotatable bonds is 5. The van der Waals surface area contributed by atoms with Crippen LogP contribution in [0.15, 0.2) is 18.2 Å². The lowest BCUT2D eigenvalue weighted by atomic mass is 9.83. The third-order valence-corrected chi connectivity index (χ3v) is 3.65. The molecule has 4 heteroatoms. The maximum atomic E-state index is 13.7. The van der Waals surface area contributed by atoms with Gasteiger partial charge in [0.15, 0.2) is 11.6 Å². The van der Waals surface area contributed by atoms with Crippen LogP contribution in [-0.4, -0.2) is 6.61 Å². The summed E-state index contributed by atoms with van der Waals surface area (Å²) in [5.74, 6) is 0.616. The average Bonchev–Trinajstić information content (AvgIpc) is 3.12. The van der Waals surface area contributed by atoms with E-state index >= 15 is 0 Å². The molecule has 1 aromatic rings. The lowest BCUT2D eigenvalue weighted by molar-refractivity contribution is 0.280. The van der Waals surface area contributed by atoms with Crippen LogP contribution in [0.1, 0.15) is 45.2 Å². The standard InChI is InChI=1S/C15H21ClFNO/c1-15(2,3)14(18-16)11-6-7-12(17)13(8-11)19-9-10-4-5-10/h6-8,10,14,18H,4-5,9H2,1-3H3. The van der Waals surface area contributed by atoms with Crippen molar-refractivity contribution >= 4 is 11.8 Å². The van der Waals surface area contributed by atoms with E-state index in [2.05, 4.69) is 25.6 Å². The Morgan fingerprint density at radius 2 is 2.11 bits per heavy atom. The molecule has 1 aliphatic carbocycles. The van der Waals surface area contributed by atoms with E-state index in [-0.39, 0.29) is 17.3 Å². The quantitative estimate of drug-likeness (QED) is 0.807. The molecule has 1 saturated carbocycles. The van der Waals surface area contributed by atoms with Crippen LogP contribution in [0.25, 0.3) is 0 Å². The van der Waals surface area contributed by atoms with Crippen LogP contribution in [0.4, 0.5) is 4.39 Å². The molecular formula is C15H21ClFNO. The molecule has 0 amide bonds. The largest absolute Gasteiger partial charge is 0.490 e. The lowest BCUT2D eigenvalue weighted by Crippen LogP contribution is -2.26. The Balaban J connectivity index is 2.18. The smallest absolute Gasteiger partial charge is 0.165 e. The summed E-state index contributed by atoms with van der Waals surface area (Å²) in [5, 5.41) is 0. The summed E-state index contributed by atoms with van der Waals surface area (Å²) in [5.41, 5.74) is 0.877. The summed E-state index contributed by atoms with van der Waals surface area (Å²) in [6.07, 6.45) is 2.38. The van der Waals surface area contributed by atoms with Crippen LogP contribution in [-0.2, 0) is 0 Å². The molecule has 1 aliphatic rings. The zero-order valence-electron chi connectivity index (χ0n) is 11.7. The number of ether oxygens (including phenoxy) is 1. The molecule has 0 radical (unpaired) electrons. The normalized spacial score (nSPS) is 17.3. The second-order valence-electron chi connectivity index (χ2n) is 6.35. The number of benzene rings is 1. The molecule has 1 aromatic carbocycles. The van der Waals surface area contributed by atoms with Gasteiger partial charge in [0.25, 0.3) is 0 Å². The Hall–Kier alpha value is -0.800. The topological polar surface area (TPSA) is 21.3 Å². The Morgan fingerprint density at radius 3 is 2.63 bits per heavy atom. The van der Waals surface area contributed by atoms with E-state index < -0.39 is 0 Å². The first kappa shape index (κ1) is 14.6. The SMILES string of the molecule is CC(C)(C)C(NCl)c1ccc(F)c(OCC2CC2)c1. The van der Waals surface area contributed by atoms with Gasteiger partial charge < -0.3 is 4.74 Å². The highest BCUT2D eigenvalue weighted by molar-refractivity contribution is 6.13. The van der Waals surface area contributed by atoms with Gasteiger partial charge in [-0.2, -0.15) is 0 Å². The third-order valence-electron chi connectivity index (χ3n) is 3.44. The van der Waals surface area contributed by atoms with Gasteiger partial charge in [0.05, 0.1) is 12.6 Å². The summed E-state index contributed by atoms with van der Waals surface area (Å²) in [6, 6.07) is 4.90. The molecule has 0 saturated heterocycles. The molecule has 2 rings (SSSR count). The van der Waals surface area contributed by atoms with Crippen molar-refractivity contribution in [2.75, 3.05) is 6.61 Å². The van der Waals surface area contributed by atoms with E-state index in [9.17, 15) is 4.39 Å². The van der Waals surface area contributed by atoms with Gasteiger partial charge in [-0.1, -0.05) is 26.8 Å². The molecule has 0 aliphatic heterocycles. The molecule has 1 unspecified atom stereocenters. The Morgan fingerprint density at radius 1 is 1.42 bits per heavy atom. The highest BCUT2D eigenvalue weighted by Gasteiger charge is 2.27. The first-order valence-corrected chi connectivity index (χ1v) is 7.08. The summed E-state index contributed by atoms with van der Waals surface area (Å²) >= 11 is 5.83. The minimum absolute atomic E-state index is 0.0574. The maximum Gasteiger partial charge on any atom is 0.165 e. The van der Waals surface area contributed by atoms with Gasteiger partial charge in [0, 0.05) is 0 Å². The molecule has 0 bridgehead atoms. The first-order valence-electron chi connectivity index (χ1n) is 6.70. The molecule has 1 atom stereocenters. The lowest BCUT2D eigenvalue weighted by Gasteiger charge is -2.29. The Bertz CT molecular complexity index is 440. The number of halogens is 2. The zero-order valence-corrected chi connectivity index (χ0v) is 12.4. The van der Waals surface area contributed by atoms with E-state index in [1.165, 1.54) is 18.9 Å². The molecule has 0 heterocycles. The molecule has 19 heavy (non-hydrogen) atoms. The highest BCUT2D eigenvalue weighted by Crippen LogP contribution is 2.36. The predicted octanol–water partition coefficient (Wildman–Crippen LogP) is 4.45. The fourth-order valence-corrected chi connectivity index (χ4v) is 2.48. The van der Waals surface area contributed by atoms with Crippen molar-refractivity contribution in [3.8, 4) is 5.75 Å². The highest BCUT2D eigenvalue weighted by atomic mass is 35.5. The van der Waals surface area contributed by atoms with Crippen LogP contribution in [0.3, 0.4) is 0 Å². The van der Waals surface area contributed by atoms with Crippen LogP contribution >= 0.6 is 11.8 Å². The summed E-state index contributed by atoms with van der Waals surface area (Å²) < 4.78 is 19.3. The Kier molecular flexibility index (Phi) is 4.36. The average molecular weight is 286 g/mol. The predicted molar refractivity (Wildman–Crippen MR) is 75.8 cm³/mol. The minimum atomic E-state index is -0.313. The van der Waals surface area contributed by atoms with Gasteiger partial charge in [0.2, 0.25) is 0 Å². The van der Waals surface area contributed by atoms with Crippen LogP contribution < -0.4 is 9.57 Å². The zero-order chi connectivity index (χ0) is 14.0. The van der Waals surface area contributed by atoms with E-state index in [4.69, 9.17) is 16.5 Å². The van der Waals surface area contributed by atoms with Gasteiger partial charge in [-0.15, -0.1) is 0 Å². The Labute approximate surface area is 119 Å². The molecular weight excluding hydrogens is 265 g/mol. The van der Waals surface area contributed by atoms with Gasteiger partial charge in [0.1, 0.15) is 0 Å². The van der Waals surface area contributed by atoms with Crippen LogP contribution in [0.2, 0.25) is 0 Å².